The van der Waals surface area contributed by atoms with Gasteiger partial charge in [-0.1, -0.05) is 54.3 Å². The number of morpholine rings is 1. The fourth-order valence-electron chi connectivity index (χ4n) is 3.73. The molecule has 0 bridgehead atoms. The number of benzene rings is 1. The molecule has 0 N–H and O–H groups in total. The Morgan fingerprint density at radius 1 is 1.12 bits per heavy atom. The molecule has 1 saturated carbocycles. The number of aromatic nitrogens is 2. The molecule has 1 aliphatic heterocycles. The maximum absolute atomic E-state index is 6.17. The molecular formula is C18H22ClN3OS. The van der Waals surface area contributed by atoms with Crippen LogP contribution >= 0.6 is 22.9 Å². The molecule has 0 amide bonds. The van der Waals surface area contributed by atoms with Crippen LogP contribution in [0.3, 0.4) is 0 Å². The van der Waals surface area contributed by atoms with Crippen LogP contribution in [0.15, 0.2) is 24.3 Å². The van der Waals surface area contributed by atoms with E-state index in [1.807, 2.05) is 12.1 Å². The van der Waals surface area contributed by atoms with Crippen LogP contribution in [-0.2, 0) is 11.2 Å². The highest BCUT2D eigenvalue weighted by Gasteiger charge is 2.38. The standard InChI is InChI=1S/C18H22ClN3OS/c19-15-6-4-14(5-7-15)12-16-20-21-17(24-16)22-10-11-23-18(13-22)8-2-1-3-9-18/h4-7H,1-3,8-13H2. The summed E-state index contributed by atoms with van der Waals surface area (Å²) in [5.41, 5.74) is 1.27. The summed E-state index contributed by atoms with van der Waals surface area (Å²) in [7, 11) is 0. The Balaban J connectivity index is 1.45. The zero-order valence-corrected chi connectivity index (χ0v) is 15.3. The van der Waals surface area contributed by atoms with E-state index in [1.54, 1.807) is 11.3 Å². The molecule has 0 unspecified atom stereocenters. The van der Waals surface area contributed by atoms with Gasteiger partial charge < -0.3 is 9.64 Å². The summed E-state index contributed by atoms with van der Waals surface area (Å²) in [6.07, 6.45) is 7.08. The van der Waals surface area contributed by atoms with E-state index < -0.39 is 0 Å². The molecule has 0 atom stereocenters. The van der Waals surface area contributed by atoms with Gasteiger partial charge in [-0.15, -0.1) is 10.2 Å². The molecule has 2 aliphatic rings. The third-order valence-corrected chi connectivity index (χ3v) is 6.24. The molecule has 1 aromatic carbocycles. The van der Waals surface area contributed by atoms with Gasteiger partial charge in [0.05, 0.1) is 12.2 Å². The number of rotatable bonds is 3. The average Bonchev–Trinajstić information content (AvgIpc) is 3.06. The van der Waals surface area contributed by atoms with Gasteiger partial charge in [0.2, 0.25) is 5.13 Å². The van der Waals surface area contributed by atoms with E-state index in [0.717, 1.165) is 41.3 Å². The summed E-state index contributed by atoms with van der Waals surface area (Å²) in [4.78, 5) is 2.37. The lowest BCUT2D eigenvalue weighted by molar-refractivity contribution is -0.0782. The van der Waals surface area contributed by atoms with E-state index in [9.17, 15) is 0 Å². The van der Waals surface area contributed by atoms with Crippen molar-refractivity contribution >= 4 is 28.1 Å². The molecule has 4 nitrogen and oxygen atoms in total. The Labute approximate surface area is 151 Å². The van der Waals surface area contributed by atoms with Crippen LogP contribution in [0, 0.1) is 0 Å². The van der Waals surface area contributed by atoms with Crippen LogP contribution in [0.1, 0.15) is 42.7 Å². The second-order valence-electron chi connectivity index (χ2n) is 6.80. The Hall–Kier alpha value is -1.17. The Bertz CT molecular complexity index is 676. The summed E-state index contributed by atoms with van der Waals surface area (Å²) in [5.74, 6) is 0. The minimum absolute atomic E-state index is 0.0541. The van der Waals surface area contributed by atoms with E-state index in [1.165, 1.54) is 37.7 Å². The van der Waals surface area contributed by atoms with Crippen molar-refractivity contribution in [1.82, 2.24) is 10.2 Å². The monoisotopic (exact) mass is 363 g/mol. The van der Waals surface area contributed by atoms with Crippen molar-refractivity contribution in [2.24, 2.45) is 0 Å². The summed E-state index contributed by atoms with van der Waals surface area (Å²) >= 11 is 7.65. The second-order valence-corrected chi connectivity index (χ2v) is 8.27. The highest BCUT2D eigenvalue weighted by Crippen LogP contribution is 2.36. The Kier molecular flexibility index (Phi) is 4.74. The maximum atomic E-state index is 6.17. The third kappa shape index (κ3) is 3.58. The topological polar surface area (TPSA) is 38.2 Å². The number of ether oxygens (including phenoxy) is 1. The predicted molar refractivity (Wildman–Crippen MR) is 98.1 cm³/mol. The molecule has 1 aromatic heterocycles. The highest BCUT2D eigenvalue weighted by molar-refractivity contribution is 7.15. The van der Waals surface area contributed by atoms with E-state index in [0.29, 0.717) is 0 Å². The normalized spacial score (nSPS) is 20.5. The first-order valence-corrected chi connectivity index (χ1v) is 9.88. The lowest BCUT2D eigenvalue weighted by Gasteiger charge is -2.44. The van der Waals surface area contributed by atoms with E-state index in [2.05, 4.69) is 27.2 Å². The van der Waals surface area contributed by atoms with Gasteiger partial charge in [0.1, 0.15) is 5.01 Å². The molecule has 4 rings (SSSR count). The fourth-order valence-corrected chi connectivity index (χ4v) is 4.75. The summed E-state index contributed by atoms with van der Waals surface area (Å²) < 4.78 is 6.17. The zero-order chi connectivity index (χ0) is 16.4. The number of anilines is 1. The summed E-state index contributed by atoms with van der Waals surface area (Å²) in [6.45, 7) is 2.67. The molecule has 2 aromatic rings. The number of nitrogens with zero attached hydrogens (tertiary/aromatic N) is 3. The second kappa shape index (κ2) is 6.98. The van der Waals surface area contributed by atoms with Crippen LogP contribution < -0.4 is 4.90 Å². The smallest absolute Gasteiger partial charge is 0.208 e. The van der Waals surface area contributed by atoms with Crippen molar-refractivity contribution in [2.45, 2.75) is 44.1 Å². The van der Waals surface area contributed by atoms with Gasteiger partial charge >= 0.3 is 0 Å². The molecule has 24 heavy (non-hydrogen) atoms. The first kappa shape index (κ1) is 16.3. The summed E-state index contributed by atoms with van der Waals surface area (Å²) in [5, 5.41) is 11.7. The first-order valence-electron chi connectivity index (χ1n) is 8.68. The van der Waals surface area contributed by atoms with Crippen LogP contribution in [0.5, 0.6) is 0 Å². The van der Waals surface area contributed by atoms with Gasteiger partial charge in [-0.3, -0.25) is 0 Å². The van der Waals surface area contributed by atoms with E-state index >= 15 is 0 Å². The van der Waals surface area contributed by atoms with Gasteiger partial charge in [0, 0.05) is 24.5 Å². The van der Waals surface area contributed by atoms with Crippen molar-refractivity contribution in [3.63, 3.8) is 0 Å². The molecule has 128 valence electrons. The molecule has 1 saturated heterocycles. The number of hydrogen-bond acceptors (Lipinski definition) is 5. The van der Waals surface area contributed by atoms with Gasteiger partial charge in [0.25, 0.3) is 0 Å². The van der Waals surface area contributed by atoms with Crippen LogP contribution in [0.4, 0.5) is 5.13 Å². The van der Waals surface area contributed by atoms with Gasteiger partial charge in [-0.2, -0.15) is 0 Å². The van der Waals surface area contributed by atoms with Crippen LogP contribution in [0.25, 0.3) is 0 Å². The quantitative estimate of drug-likeness (QED) is 0.813. The van der Waals surface area contributed by atoms with Crippen molar-refractivity contribution in [3.8, 4) is 0 Å². The minimum atomic E-state index is 0.0541. The Morgan fingerprint density at radius 3 is 2.71 bits per heavy atom. The Morgan fingerprint density at radius 2 is 1.92 bits per heavy atom. The van der Waals surface area contributed by atoms with E-state index in [4.69, 9.17) is 16.3 Å². The highest BCUT2D eigenvalue weighted by atomic mass is 35.5. The lowest BCUT2D eigenvalue weighted by atomic mass is 9.83. The maximum Gasteiger partial charge on any atom is 0.208 e. The van der Waals surface area contributed by atoms with Crippen molar-refractivity contribution in [1.29, 1.82) is 0 Å². The van der Waals surface area contributed by atoms with Crippen molar-refractivity contribution in [2.75, 3.05) is 24.6 Å². The molecule has 1 aliphatic carbocycles. The van der Waals surface area contributed by atoms with Crippen molar-refractivity contribution < 1.29 is 4.74 Å². The number of halogens is 1. The van der Waals surface area contributed by atoms with Crippen molar-refractivity contribution in [3.05, 3.63) is 39.9 Å². The molecular weight excluding hydrogens is 342 g/mol. The number of hydrogen-bond donors (Lipinski definition) is 0. The molecule has 1 spiro atoms. The lowest BCUT2D eigenvalue weighted by Crippen LogP contribution is -2.52. The molecule has 6 heteroatoms. The van der Waals surface area contributed by atoms with E-state index in [-0.39, 0.29) is 5.60 Å². The minimum Gasteiger partial charge on any atom is -0.371 e. The third-order valence-electron chi connectivity index (χ3n) is 5.01. The predicted octanol–water partition coefficient (Wildman–Crippen LogP) is 4.32. The average molecular weight is 364 g/mol. The van der Waals surface area contributed by atoms with Gasteiger partial charge in [0.15, 0.2) is 0 Å². The van der Waals surface area contributed by atoms with Crippen LogP contribution in [0.2, 0.25) is 5.02 Å². The molecule has 2 fully saturated rings. The molecule has 2 heterocycles. The summed E-state index contributed by atoms with van der Waals surface area (Å²) in [6, 6.07) is 7.95. The SMILES string of the molecule is Clc1ccc(Cc2nnc(N3CCOC4(CCCCC4)C3)s2)cc1. The zero-order valence-electron chi connectivity index (χ0n) is 13.7. The van der Waals surface area contributed by atoms with Gasteiger partial charge in [-0.25, -0.2) is 0 Å². The van der Waals surface area contributed by atoms with Crippen LogP contribution in [-0.4, -0.2) is 35.5 Å². The molecule has 0 radical (unpaired) electrons. The largest absolute Gasteiger partial charge is 0.371 e. The fraction of sp³-hybridized carbons (Fsp3) is 0.556. The van der Waals surface area contributed by atoms with Gasteiger partial charge in [-0.05, 0) is 30.5 Å². The first-order chi connectivity index (χ1) is 11.7.